The predicted octanol–water partition coefficient (Wildman–Crippen LogP) is 6.25. The van der Waals surface area contributed by atoms with Gasteiger partial charge in [0.1, 0.15) is 0 Å². The molecule has 0 radical (unpaired) electrons. The highest BCUT2D eigenvalue weighted by molar-refractivity contribution is 7.32. The zero-order valence-electron chi connectivity index (χ0n) is 16.9. The summed E-state index contributed by atoms with van der Waals surface area (Å²) in [5.74, 6) is 0. The number of aryl methyl sites for hydroxylation is 2. The second-order valence-electron chi connectivity index (χ2n) is 6.97. The molecule has 0 spiro atoms. The predicted molar refractivity (Wildman–Crippen MR) is 125 cm³/mol. The van der Waals surface area contributed by atoms with Crippen molar-refractivity contribution in [2.24, 2.45) is 0 Å². The normalized spacial score (nSPS) is 11.5. The summed E-state index contributed by atoms with van der Waals surface area (Å²) in [6.45, 7) is 0.280. The highest BCUT2D eigenvalue weighted by atomic mass is 31.1. The van der Waals surface area contributed by atoms with Crippen LogP contribution >= 0.6 is 8.25 Å². The minimum atomic E-state index is -2.81. The fourth-order valence-electron chi connectivity index (χ4n) is 3.34. The minimum Gasteiger partial charge on any atom is -0.326 e. The molecule has 0 heterocycles. The van der Waals surface area contributed by atoms with Gasteiger partial charge in [0.2, 0.25) is 0 Å². The number of hydrogen-bond acceptors (Lipinski definition) is 2. The molecule has 0 amide bonds. The van der Waals surface area contributed by atoms with E-state index in [2.05, 4.69) is 72.8 Å². The molecular weight excluding hydrogens is 391 g/mol. The summed E-state index contributed by atoms with van der Waals surface area (Å²) in [6, 6.07) is 35.4. The van der Waals surface area contributed by atoms with Crippen LogP contribution in [0.2, 0.25) is 0 Å². The van der Waals surface area contributed by atoms with E-state index >= 15 is 0 Å². The maximum atomic E-state index is 10.4. The smallest absolute Gasteiger partial charge is 0.316 e. The van der Waals surface area contributed by atoms with E-state index < -0.39 is 8.25 Å². The lowest BCUT2D eigenvalue weighted by Crippen LogP contribution is -1.94. The first-order chi connectivity index (χ1) is 14.7. The van der Waals surface area contributed by atoms with Gasteiger partial charge in [0, 0.05) is 0 Å². The van der Waals surface area contributed by atoms with E-state index in [-0.39, 0.29) is 6.61 Å². The maximum absolute atomic E-state index is 10.4. The Balaban J connectivity index is 0.000000172. The fraction of sp³-hybridized carbons (Fsp3) is 0.154. The Labute approximate surface area is 178 Å². The first kappa shape index (κ1) is 22.0. The van der Waals surface area contributed by atoms with Crippen molar-refractivity contribution in [2.75, 3.05) is 6.61 Å². The molecular formula is C26H27O3P. The van der Waals surface area contributed by atoms with Gasteiger partial charge in [-0.2, -0.15) is 0 Å². The van der Waals surface area contributed by atoms with Crippen molar-refractivity contribution in [1.82, 2.24) is 0 Å². The van der Waals surface area contributed by atoms with Crippen LogP contribution in [0.15, 0.2) is 103 Å². The molecule has 0 saturated carbocycles. The quantitative estimate of drug-likeness (QED) is 0.361. The third kappa shape index (κ3) is 7.27. The third-order valence-corrected chi connectivity index (χ3v) is 5.32. The van der Waals surface area contributed by atoms with E-state index in [9.17, 15) is 4.57 Å². The van der Waals surface area contributed by atoms with Gasteiger partial charge in [-0.1, -0.05) is 103 Å². The summed E-state index contributed by atoms with van der Waals surface area (Å²) in [7, 11) is -2.81. The fourth-order valence-corrected chi connectivity index (χ4v) is 3.61. The van der Waals surface area contributed by atoms with Gasteiger partial charge in [-0.25, -0.2) is 0 Å². The van der Waals surface area contributed by atoms with Crippen molar-refractivity contribution in [3.8, 4) is 0 Å². The zero-order chi connectivity index (χ0) is 21.0. The highest BCUT2D eigenvalue weighted by Gasteiger charge is 2.01. The van der Waals surface area contributed by atoms with Crippen LogP contribution in [0.3, 0.4) is 0 Å². The molecule has 0 aliphatic carbocycles. The number of rotatable bonds is 7. The lowest BCUT2D eigenvalue weighted by atomic mass is 10.0. The lowest BCUT2D eigenvalue weighted by molar-refractivity contribution is 0.285. The van der Waals surface area contributed by atoms with Crippen molar-refractivity contribution >= 4 is 19.0 Å². The lowest BCUT2D eigenvalue weighted by Gasteiger charge is -2.05. The van der Waals surface area contributed by atoms with Crippen molar-refractivity contribution < 1.29 is 14.0 Å². The van der Waals surface area contributed by atoms with Gasteiger partial charge in [-0.3, -0.25) is 4.57 Å². The average Bonchev–Trinajstić information content (AvgIpc) is 2.79. The molecule has 0 bridgehead atoms. The van der Waals surface area contributed by atoms with Crippen LogP contribution in [0.1, 0.15) is 16.7 Å². The molecule has 154 valence electrons. The Kier molecular flexibility index (Phi) is 8.86. The Morgan fingerprint density at radius 2 is 1.17 bits per heavy atom. The van der Waals surface area contributed by atoms with Gasteiger partial charge in [0.05, 0.1) is 6.61 Å². The highest BCUT2D eigenvalue weighted by Crippen LogP contribution is 2.21. The van der Waals surface area contributed by atoms with Crippen LogP contribution in [0, 0.1) is 0 Å². The van der Waals surface area contributed by atoms with Crippen LogP contribution < -0.4 is 0 Å². The van der Waals surface area contributed by atoms with Crippen molar-refractivity contribution in [3.05, 3.63) is 120 Å². The van der Waals surface area contributed by atoms with Crippen LogP contribution in [0.25, 0.3) is 10.8 Å². The van der Waals surface area contributed by atoms with E-state index in [1.54, 1.807) is 0 Å². The summed E-state index contributed by atoms with van der Waals surface area (Å²) in [5, 5.41) is 2.35. The van der Waals surface area contributed by atoms with E-state index in [4.69, 9.17) is 9.42 Å². The third-order valence-electron chi connectivity index (χ3n) is 4.86. The molecule has 1 unspecified atom stereocenters. The summed E-state index contributed by atoms with van der Waals surface area (Å²) >= 11 is 0. The second-order valence-corrected chi connectivity index (χ2v) is 7.79. The molecule has 0 aromatic heterocycles. The van der Waals surface area contributed by atoms with Crippen LogP contribution in [0.5, 0.6) is 0 Å². The summed E-state index contributed by atoms with van der Waals surface area (Å²) in [6.07, 6.45) is 2.91. The minimum absolute atomic E-state index is 0.280. The first-order valence-corrected chi connectivity index (χ1v) is 11.4. The van der Waals surface area contributed by atoms with Gasteiger partial charge in [0.15, 0.2) is 0 Å². The van der Waals surface area contributed by atoms with Crippen molar-refractivity contribution in [2.45, 2.75) is 19.3 Å². The van der Waals surface area contributed by atoms with Gasteiger partial charge >= 0.3 is 8.25 Å². The number of fused-ring (bicyclic) bond motifs is 1. The molecule has 4 aromatic carbocycles. The van der Waals surface area contributed by atoms with Crippen molar-refractivity contribution in [1.29, 1.82) is 0 Å². The molecule has 0 aliphatic rings. The zero-order valence-corrected chi connectivity index (χ0v) is 17.9. The molecule has 4 heteroatoms. The molecule has 0 aliphatic heterocycles. The Morgan fingerprint density at radius 1 is 0.633 bits per heavy atom. The first-order valence-electron chi connectivity index (χ1n) is 10.1. The summed E-state index contributed by atoms with van der Waals surface area (Å²) in [5.41, 5.74) is 3.97. The van der Waals surface area contributed by atoms with Gasteiger partial charge < -0.3 is 9.42 Å². The Morgan fingerprint density at radius 3 is 1.77 bits per heavy atom. The van der Waals surface area contributed by atoms with Gasteiger partial charge in [0.25, 0.3) is 0 Å². The molecule has 1 N–H and O–H groups in total. The molecule has 4 aromatic rings. The van der Waals surface area contributed by atoms with Crippen LogP contribution in [-0.2, 0) is 28.4 Å². The molecule has 0 fully saturated rings. The SMILES string of the molecule is O=[PH](O)OCCc1cccc2ccccc12.c1ccc(CCc2ccccc2)cc1. The number of benzene rings is 4. The molecule has 1 atom stereocenters. The molecule has 0 saturated heterocycles. The monoisotopic (exact) mass is 418 g/mol. The standard InChI is InChI=1S/C14H14.C12H13O3P/c1-3-7-13(8-4-1)11-12-14-9-5-2-6-10-14;13-16(14)15-9-8-11-6-3-5-10-4-1-2-7-12(10)11/h1-10H,11-12H2;1-7,16H,8-9H2,(H,13,14). The van der Waals surface area contributed by atoms with E-state index in [1.165, 1.54) is 21.9 Å². The molecule has 3 nitrogen and oxygen atoms in total. The summed E-state index contributed by atoms with van der Waals surface area (Å²) in [4.78, 5) is 8.57. The van der Waals surface area contributed by atoms with E-state index in [1.807, 2.05) is 30.3 Å². The van der Waals surface area contributed by atoms with E-state index in [0.717, 1.165) is 18.4 Å². The maximum Gasteiger partial charge on any atom is 0.316 e. The van der Waals surface area contributed by atoms with Gasteiger partial charge in [-0.15, -0.1) is 0 Å². The van der Waals surface area contributed by atoms with Crippen LogP contribution in [0.4, 0.5) is 0 Å². The second kappa shape index (κ2) is 12.1. The van der Waals surface area contributed by atoms with Crippen LogP contribution in [-0.4, -0.2) is 11.5 Å². The topological polar surface area (TPSA) is 46.5 Å². The Bertz CT molecular complexity index is 1000. The Hall–Kier alpha value is -2.71. The van der Waals surface area contributed by atoms with Crippen molar-refractivity contribution in [3.63, 3.8) is 0 Å². The van der Waals surface area contributed by atoms with Gasteiger partial charge in [-0.05, 0) is 46.7 Å². The largest absolute Gasteiger partial charge is 0.326 e. The molecule has 30 heavy (non-hydrogen) atoms. The summed E-state index contributed by atoms with van der Waals surface area (Å²) < 4.78 is 15.1. The molecule has 4 rings (SSSR count). The average molecular weight is 418 g/mol. The van der Waals surface area contributed by atoms with E-state index in [0.29, 0.717) is 6.42 Å². The number of hydrogen-bond donors (Lipinski definition) is 1.